The highest BCUT2D eigenvalue weighted by atomic mass is 127. The summed E-state index contributed by atoms with van der Waals surface area (Å²) >= 11 is 2.08. The molecule has 4 nitrogen and oxygen atoms in total. The summed E-state index contributed by atoms with van der Waals surface area (Å²) < 4.78 is 41.0. The first-order valence-electron chi connectivity index (χ1n) is 6.70. The van der Waals surface area contributed by atoms with Crippen LogP contribution in [0.4, 0.5) is 13.2 Å². The van der Waals surface area contributed by atoms with Gasteiger partial charge in [-0.15, -0.1) is 0 Å². The maximum atomic E-state index is 13.6. The van der Waals surface area contributed by atoms with Crippen molar-refractivity contribution in [3.05, 3.63) is 68.5 Å². The van der Waals surface area contributed by atoms with Gasteiger partial charge in [0.05, 0.1) is 0 Å². The Labute approximate surface area is 148 Å². The first kappa shape index (κ1) is 18.2. The highest BCUT2D eigenvalue weighted by Gasteiger charge is 2.25. The summed E-state index contributed by atoms with van der Waals surface area (Å²) in [6.07, 6.45) is -0.0670. The molecular formula is C16H11F3INO3. The lowest BCUT2D eigenvalue weighted by Gasteiger charge is -2.15. The molecule has 2 aromatic carbocycles. The van der Waals surface area contributed by atoms with Crippen molar-refractivity contribution in [3.63, 3.8) is 0 Å². The van der Waals surface area contributed by atoms with Gasteiger partial charge in [-0.2, -0.15) is 0 Å². The smallest absolute Gasteiger partial charge is 0.326 e. The lowest BCUT2D eigenvalue weighted by Crippen LogP contribution is -2.43. The van der Waals surface area contributed by atoms with Crippen LogP contribution < -0.4 is 5.32 Å². The fourth-order valence-corrected chi connectivity index (χ4v) is 2.41. The van der Waals surface area contributed by atoms with Crippen molar-refractivity contribution in [1.82, 2.24) is 5.32 Å². The number of carbonyl (C=O) groups excluding carboxylic acids is 1. The van der Waals surface area contributed by atoms with Crippen molar-refractivity contribution in [3.8, 4) is 0 Å². The van der Waals surface area contributed by atoms with Gasteiger partial charge in [-0.1, -0.05) is 12.1 Å². The molecule has 0 radical (unpaired) electrons. The Morgan fingerprint density at radius 3 is 2.12 bits per heavy atom. The highest BCUT2D eigenvalue weighted by Crippen LogP contribution is 2.15. The minimum absolute atomic E-state index is 0.0670. The summed E-state index contributed by atoms with van der Waals surface area (Å²) in [7, 11) is 0. The van der Waals surface area contributed by atoms with Gasteiger partial charge in [0.15, 0.2) is 0 Å². The van der Waals surface area contributed by atoms with E-state index in [4.69, 9.17) is 0 Å². The maximum Gasteiger partial charge on any atom is 0.326 e. The van der Waals surface area contributed by atoms with Crippen LogP contribution in [0.5, 0.6) is 0 Å². The molecule has 1 amide bonds. The zero-order chi connectivity index (χ0) is 17.9. The summed E-state index contributed by atoms with van der Waals surface area (Å²) in [5, 5.41) is 11.3. The van der Waals surface area contributed by atoms with E-state index in [0.717, 1.165) is 3.57 Å². The van der Waals surface area contributed by atoms with E-state index in [9.17, 15) is 27.9 Å². The second kappa shape index (κ2) is 7.65. The van der Waals surface area contributed by atoms with Crippen molar-refractivity contribution < 1.29 is 27.9 Å². The third-order valence-corrected chi connectivity index (χ3v) is 3.91. The topological polar surface area (TPSA) is 66.4 Å². The van der Waals surface area contributed by atoms with Crippen molar-refractivity contribution in [2.75, 3.05) is 0 Å². The molecule has 0 bridgehead atoms. The fraction of sp³-hybridized carbons (Fsp3) is 0.125. The molecule has 0 saturated heterocycles. The van der Waals surface area contributed by atoms with Gasteiger partial charge < -0.3 is 10.4 Å². The van der Waals surface area contributed by atoms with Gasteiger partial charge in [0.25, 0.3) is 5.91 Å². The monoisotopic (exact) mass is 449 g/mol. The summed E-state index contributed by atoms with van der Waals surface area (Å²) in [6.45, 7) is 0. The molecule has 0 saturated carbocycles. The normalized spacial score (nSPS) is 11.8. The maximum absolute atomic E-state index is 13.6. The van der Waals surface area contributed by atoms with Gasteiger partial charge in [-0.3, -0.25) is 4.79 Å². The Balaban J connectivity index is 2.20. The van der Waals surface area contributed by atoms with Crippen LogP contribution in [0.15, 0.2) is 36.4 Å². The number of aliphatic carboxylic acids is 1. The quantitative estimate of drug-likeness (QED) is 0.690. The number of hydrogen-bond donors (Lipinski definition) is 2. The molecule has 0 unspecified atom stereocenters. The van der Waals surface area contributed by atoms with Crippen molar-refractivity contribution in [2.45, 2.75) is 12.5 Å². The molecule has 126 valence electrons. The molecule has 2 aromatic rings. The summed E-state index contributed by atoms with van der Waals surface area (Å²) in [5.74, 6) is -6.59. The molecule has 8 heteroatoms. The molecular weight excluding hydrogens is 438 g/mol. The number of halogens is 4. The van der Waals surface area contributed by atoms with Crippen molar-refractivity contribution in [2.24, 2.45) is 0 Å². The van der Waals surface area contributed by atoms with Gasteiger partial charge in [0, 0.05) is 22.1 Å². The molecule has 0 aliphatic heterocycles. The average Bonchev–Trinajstić information content (AvgIpc) is 2.47. The number of carboxylic acids is 1. The Bertz CT molecular complexity index is 758. The Morgan fingerprint density at radius 2 is 1.62 bits per heavy atom. The minimum Gasteiger partial charge on any atom is -0.480 e. The van der Waals surface area contributed by atoms with Crippen LogP contribution in [0.2, 0.25) is 0 Å². The highest BCUT2D eigenvalue weighted by molar-refractivity contribution is 14.1. The lowest BCUT2D eigenvalue weighted by molar-refractivity contribution is -0.139. The van der Waals surface area contributed by atoms with Crippen molar-refractivity contribution in [1.29, 1.82) is 0 Å². The number of carboxylic acid groups (broad SMARTS) is 1. The predicted molar refractivity (Wildman–Crippen MR) is 88.1 cm³/mol. The largest absolute Gasteiger partial charge is 0.480 e. The first-order valence-corrected chi connectivity index (χ1v) is 7.78. The van der Waals surface area contributed by atoms with E-state index >= 15 is 0 Å². The van der Waals surface area contributed by atoms with E-state index in [1.165, 1.54) is 0 Å². The third kappa shape index (κ3) is 4.47. The molecule has 0 fully saturated rings. The molecule has 1 atom stereocenters. The molecule has 24 heavy (non-hydrogen) atoms. The van der Waals surface area contributed by atoms with Crippen LogP contribution in [0, 0.1) is 21.0 Å². The van der Waals surface area contributed by atoms with E-state index in [2.05, 4.69) is 27.9 Å². The second-order valence-corrected chi connectivity index (χ2v) is 6.18. The summed E-state index contributed by atoms with van der Waals surface area (Å²) in [6, 6.07) is 6.21. The van der Waals surface area contributed by atoms with E-state index in [1.807, 2.05) is 0 Å². The van der Waals surface area contributed by atoms with Gasteiger partial charge in [0.2, 0.25) is 0 Å². The molecule has 0 aromatic heterocycles. The van der Waals surface area contributed by atoms with Crippen LogP contribution in [0.3, 0.4) is 0 Å². The minimum atomic E-state index is -1.40. The SMILES string of the molecule is O=C(N[C@H](Cc1ccc(I)cc1)C(=O)O)c1c(F)cc(F)cc1F. The fourth-order valence-electron chi connectivity index (χ4n) is 2.05. The van der Waals surface area contributed by atoms with E-state index in [-0.39, 0.29) is 6.42 Å². The lowest BCUT2D eigenvalue weighted by atomic mass is 10.1. The number of carbonyl (C=O) groups is 2. The number of amides is 1. The molecule has 2 N–H and O–H groups in total. The van der Waals surface area contributed by atoms with Gasteiger partial charge >= 0.3 is 5.97 Å². The number of benzene rings is 2. The Morgan fingerprint density at radius 1 is 1.08 bits per heavy atom. The van der Waals surface area contributed by atoms with E-state index in [1.54, 1.807) is 24.3 Å². The Kier molecular flexibility index (Phi) is 5.81. The van der Waals surface area contributed by atoms with Gasteiger partial charge in [0.1, 0.15) is 29.1 Å². The van der Waals surface area contributed by atoms with Crippen LogP contribution in [0.1, 0.15) is 15.9 Å². The van der Waals surface area contributed by atoms with Gasteiger partial charge in [-0.05, 0) is 40.3 Å². The number of rotatable bonds is 5. The molecule has 0 heterocycles. The summed E-state index contributed by atoms with van der Waals surface area (Å²) in [5.41, 5.74) is -0.395. The molecule has 0 spiro atoms. The molecule has 2 rings (SSSR count). The van der Waals surface area contributed by atoms with Crippen LogP contribution in [0.25, 0.3) is 0 Å². The van der Waals surface area contributed by atoms with Crippen LogP contribution >= 0.6 is 22.6 Å². The van der Waals surface area contributed by atoms with E-state index < -0.39 is 40.9 Å². The zero-order valence-corrected chi connectivity index (χ0v) is 14.2. The zero-order valence-electron chi connectivity index (χ0n) is 12.0. The van der Waals surface area contributed by atoms with Crippen LogP contribution in [-0.2, 0) is 11.2 Å². The predicted octanol–water partition coefficient (Wildman–Crippen LogP) is 3.13. The van der Waals surface area contributed by atoms with Gasteiger partial charge in [-0.25, -0.2) is 18.0 Å². The standard InChI is InChI=1S/C16H11F3INO3/c17-9-6-11(18)14(12(19)7-9)15(22)21-13(16(23)24)5-8-1-3-10(20)4-2-8/h1-4,6-7,13H,5H2,(H,21,22)(H,23,24)/t13-/m1/s1. The van der Waals surface area contributed by atoms with Crippen LogP contribution in [-0.4, -0.2) is 23.0 Å². The van der Waals surface area contributed by atoms with Crippen molar-refractivity contribution >= 4 is 34.5 Å². The third-order valence-electron chi connectivity index (χ3n) is 3.19. The average molecular weight is 449 g/mol. The first-order chi connectivity index (χ1) is 11.3. The van der Waals surface area contributed by atoms with E-state index in [0.29, 0.717) is 17.7 Å². The number of nitrogens with one attached hydrogen (secondary N) is 1. The molecule has 0 aliphatic rings. The number of hydrogen-bond acceptors (Lipinski definition) is 2. The second-order valence-electron chi connectivity index (χ2n) is 4.94. The molecule has 0 aliphatic carbocycles. The summed E-state index contributed by atoms with van der Waals surface area (Å²) in [4.78, 5) is 23.3. The Hall–Kier alpha value is -2.10.